The molecule has 1 fully saturated rings. The van der Waals surface area contributed by atoms with Crippen LogP contribution in [0.1, 0.15) is 34.3 Å². The summed E-state index contributed by atoms with van der Waals surface area (Å²) in [5, 5.41) is 0.897. The van der Waals surface area contributed by atoms with Crippen LogP contribution >= 0.6 is 0 Å². The van der Waals surface area contributed by atoms with Gasteiger partial charge < -0.3 is 14.8 Å². The molecule has 3 aromatic rings. The van der Waals surface area contributed by atoms with Gasteiger partial charge in [0.05, 0.1) is 0 Å². The van der Waals surface area contributed by atoms with Gasteiger partial charge in [-0.25, -0.2) is 0 Å². The number of H-pyrrole nitrogens is 1. The standard InChI is InChI=1S/C25H29N3O2/c1-18-16-21-17-20(8-9-23(21)26-24(18)29)25(30)28-14-11-22(12-15-28)27(2)13-10-19-6-4-3-5-7-19/h3-9,16-17,22H,10-15H2,1-2H3,(H,26,29). The summed E-state index contributed by atoms with van der Waals surface area (Å²) < 4.78 is 0. The molecule has 1 N–H and O–H groups in total. The Morgan fingerprint density at radius 3 is 2.57 bits per heavy atom. The van der Waals surface area contributed by atoms with Gasteiger partial charge in [-0.2, -0.15) is 0 Å². The molecule has 0 radical (unpaired) electrons. The number of nitrogens with zero attached hydrogens (tertiary/aromatic N) is 2. The molecule has 0 aliphatic carbocycles. The number of pyridine rings is 1. The van der Waals surface area contributed by atoms with E-state index in [1.165, 1.54) is 5.56 Å². The van der Waals surface area contributed by atoms with Crippen LogP contribution in [0.2, 0.25) is 0 Å². The first kappa shape index (κ1) is 20.4. The first-order valence-electron chi connectivity index (χ1n) is 10.7. The van der Waals surface area contributed by atoms with Crippen molar-refractivity contribution in [3.05, 3.63) is 81.6 Å². The molecule has 5 nitrogen and oxygen atoms in total. The zero-order chi connectivity index (χ0) is 21.1. The minimum Gasteiger partial charge on any atom is -0.339 e. The van der Waals surface area contributed by atoms with Gasteiger partial charge in [0.15, 0.2) is 0 Å². The van der Waals surface area contributed by atoms with Crippen molar-refractivity contribution in [1.29, 1.82) is 0 Å². The molecule has 0 bridgehead atoms. The Bertz CT molecular complexity index is 1080. The molecule has 2 aromatic carbocycles. The molecule has 1 aliphatic heterocycles. The summed E-state index contributed by atoms with van der Waals surface area (Å²) in [6.07, 6.45) is 3.04. The number of piperidine rings is 1. The first-order valence-corrected chi connectivity index (χ1v) is 10.7. The molecule has 4 rings (SSSR count). The van der Waals surface area contributed by atoms with Gasteiger partial charge >= 0.3 is 0 Å². The number of benzene rings is 2. The molecule has 0 spiro atoms. The maximum Gasteiger partial charge on any atom is 0.253 e. The highest BCUT2D eigenvalue weighted by atomic mass is 16.2. The van der Waals surface area contributed by atoms with Crippen molar-refractivity contribution in [1.82, 2.24) is 14.8 Å². The van der Waals surface area contributed by atoms with Crippen LogP contribution in [-0.4, -0.2) is 53.4 Å². The lowest BCUT2D eigenvalue weighted by Gasteiger charge is -2.37. The van der Waals surface area contributed by atoms with Crippen LogP contribution in [0.3, 0.4) is 0 Å². The van der Waals surface area contributed by atoms with Gasteiger partial charge in [-0.05, 0) is 68.4 Å². The quantitative estimate of drug-likeness (QED) is 0.708. The van der Waals surface area contributed by atoms with Crippen molar-refractivity contribution in [3.8, 4) is 0 Å². The lowest BCUT2D eigenvalue weighted by Crippen LogP contribution is -2.46. The third-order valence-electron chi connectivity index (χ3n) is 6.25. The Kier molecular flexibility index (Phi) is 6.00. The number of hydrogen-bond donors (Lipinski definition) is 1. The fraction of sp³-hybridized carbons (Fsp3) is 0.360. The van der Waals surface area contributed by atoms with Crippen LogP contribution in [0.25, 0.3) is 10.9 Å². The number of rotatable bonds is 5. The van der Waals surface area contributed by atoms with E-state index in [4.69, 9.17) is 0 Å². The van der Waals surface area contributed by atoms with E-state index in [2.05, 4.69) is 47.3 Å². The molecule has 0 unspecified atom stereocenters. The van der Waals surface area contributed by atoms with Crippen LogP contribution in [0.15, 0.2) is 59.4 Å². The fourth-order valence-corrected chi connectivity index (χ4v) is 4.27. The van der Waals surface area contributed by atoms with Crippen LogP contribution in [0.4, 0.5) is 0 Å². The number of likely N-dealkylation sites (tertiary alicyclic amines) is 1. The van der Waals surface area contributed by atoms with Crippen LogP contribution in [0.5, 0.6) is 0 Å². The van der Waals surface area contributed by atoms with E-state index in [1.807, 2.05) is 29.2 Å². The molecule has 1 aromatic heterocycles. The second kappa shape index (κ2) is 8.84. The number of aryl methyl sites for hydroxylation is 1. The van der Waals surface area contributed by atoms with E-state index < -0.39 is 0 Å². The first-order chi connectivity index (χ1) is 14.5. The van der Waals surface area contributed by atoms with Gasteiger partial charge in [0.1, 0.15) is 0 Å². The summed E-state index contributed by atoms with van der Waals surface area (Å²) in [5.41, 5.74) is 3.39. The number of likely N-dealkylation sites (N-methyl/N-ethyl adjacent to an activating group) is 1. The zero-order valence-corrected chi connectivity index (χ0v) is 17.7. The third-order valence-corrected chi connectivity index (χ3v) is 6.25. The summed E-state index contributed by atoms with van der Waals surface area (Å²) in [4.78, 5) is 32.1. The number of carbonyl (C=O) groups excluding carboxylic acids is 1. The molecule has 2 heterocycles. The molecule has 1 saturated heterocycles. The fourth-order valence-electron chi connectivity index (χ4n) is 4.27. The summed E-state index contributed by atoms with van der Waals surface area (Å²) in [6.45, 7) is 4.38. The van der Waals surface area contributed by atoms with Crippen molar-refractivity contribution < 1.29 is 4.79 Å². The lowest BCUT2D eigenvalue weighted by molar-refractivity contribution is 0.0647. The predicted molar refractivity (Wildman–Crippen MR) is 121 cm³/mol. The molecular weight excluding hydrogens is 374 g/mol. The number of nitrogens with one attached hydrogen (secondary N) is 1. The predicted octanol–water partition coefficient (Wildman–Crippen LogP) is 3.62. The number of amides is 1. The number of hydrogen-bond acceptors (Lipinski definition) is 3. The molecule has 0 atom stereocenters. The summed E-state index contributed by atoms with van der Waals surface area (Å²) >= 11 is 0. The average Bonchev–Trinajstić information content (AvgIpc) is 2.78. The SMILES string of the molecule is Cc1cc2cc(C(=O)N3CCC(N(C)CCc4ccccc4)CC3)ccc2[nH]c1=O. The minimum absolute atomic E-state index is 0.0751. The number of carbonyl (C=O) groups is 1. The van der Waals surface area contributed by atoms with Crippen molar-refractivity contribution in [2.45, 2.75) is 32.2 Å². The normalized spacial score (nSPS) is 15.1. The summed E-state index contributed by atoms with van der Waals surface area (Å²) in [6, 6.07) is 18.5. The number of fused-ring (bicyclic) bond motifs is 1. The Hall–Kier alpha value is -2.92. The van der Waals surface area contributed by atoms with E-state index in [0.29, 0.717) is 17.2 Å². The van der Waals surface area contributed by atoms with Crippen LogP contribution in [0, 0.1) is 6.92 Å². The van der Waals surface area contributed by atoms with Crippen LogP contribution < -0.4 is 5.56 Å². The Morgan fingerprint density at radius 2 is 1.83 bits per heavy atom. The van der Waals surface area contributed by atoms with E-state index in [-0.39, 0.29) is 11.5 Å². The van der Waals surface area contributed by atoms with Crippen molar-refractivity contribution in [3.63, 3.8) is 0 Å². The molecule has 1 aliphatic rings. The maximum atomic E-state index is 13.0. The molecule has 0 saturated carbocycles. The van der Waals surface area contributed by atoms with Gasteiger partial charge in [-0.15, -0.1) is 0 Å². The highest BCUT2D eigenvalue weighted by Gasteiger charge is 2.26. The van der Waals surface area contributed by atoms with Gasteiger partial charge in [-0.1, -0.05) is 30.3 Å². The Labute approximate surface area is 177 Å². The second-order valence-electron chi connectivity index (χ2n) is 8.32. The molecule has 30 heavy (non-hydrogen) atoms. The van der Waals surface area contributed by atoms with Gasteiger partial charge in [0, 0.05) is 42.3 Å². The zero-order valence-electron chi connectivity index (χ0n) is 17.7. The van der Waals surface area contributed by atoms with Crippen molar-refractivity contribution >= 4 is 16.8 Å². The lowest BCUT2D eigenvalue weighted by atomic mass is 10.0. The summed E-state index contributed by atoms with van der Waals surface area (Å²) in [7, 11) is 2.19. The minimum atomic E-state index is -0.0833. The smallest absolute Gasteiger partial charge is 0.253 e. The van der Waals surface area contributed by atoms with Gasteiger partial charge in [-0.3, -0.25) is 9.59 Å². The number of aromatic nitrogens is 1. The monoisotopic (exact) mass is 403 g/mol. The van der Waals surface area contributed by atoms with Crippen molar-refractivity contribution in [2.75, 3.05) is 26.7 Å². The number of aromatic amines is 1. The molecular formula is C25H29N3O2. The van der Waals surface area contributed by atoms with E-state index in [0.717, 1.165) is 49.8 Å². The largest absolute Gasteiger partial charge is 0.339 e. The second-order valence-corrected chi connectivity index (χ2v) is 8.32. The highest BCUT2D eigenvalue weighted by Crippen LogP contribution is 2.20. The Morgan fingerprint density at radius 1 is 1.10 bits per heavy atom. The maximum absolute atomic E-state index is 13.0. The average molecular weight is 404 g/mol. The summed E-state index contributed by atoms with van der Waals surface area (Å²) in [5.74, 6) is 0.0751. The van der Waals surface area contributed by atoms with Crippen molar-refractivity contribution in [2.24, 2.45) is 0 Å². The van der Waals surface area contributed by atoms with Gasteiger partial charge in [0.2, 0.25) is 0 Å². The topological polar surface area (TPSA) is 56.4 Å². The highest BCUT2D eigenvalue weighted by molar-refractivity contribution is 5.98. The van der Waals surface area contributed by atoms with E-state index in [9.17, 15) is 9.59 Å². The van der Waals surface area contributed by atoms with E-state index >= 15 is 0 Å². The third kappa shape index (κ3) is 4.46. The van der Waals surface area contributed by atoms with Crippen LogP contribution in [-0.2, 0) is 6.42 Å². The van der Waals surface area contributed by atoms with Gasteiger partial charge in [0.25, 0.3) is 11.5 Å². The molecule has 5 heteroatoms. The molecule has 156 valence electrons. The Balaban J connectivity index is 1.35. The molecule has 1 amide bonds. The van der Waals surface area contributed by atoms with E-state index in [1.54, 1.807) is 6.92 Å².